The molecule has 0 unspecified atom stereocenters. The molecule has 0 radical (unpaired) electrons. The number of carbonyl (C=O) groups excluding carboxylic acids is 1. The lowest BCUT2D eigenvalue weighted by Gasteiger charge is -2.45. The standard InChI is InChI=1S/C12H20O2/c1-3-14-12(13)11-8(2)9-4-6-10(11)7-5-9/h8-11H,3-7H2,1-2H3/t8-,9?,10?,11+/m0/s1. The average molecular weight is 196 g/mol. The maximum Gasteiger partial charge on any atom is 0.309 e. The highest BCUT2D eigenvalue weighted by Gasteiger charge is 2.45. The van der Waals surface area contributed by atoms with Gasteiger partial charge in [0.15, 0.2) is 0 Å². The van der Waals surface area contributed by atoms with Crippen LogP contribution in [0, 0.1) is 23.7 Å². The first kappa shape index (κ1) is 10.0. The van der Waals surface area contributed by atoms with Crippen LogP contribution >= 0.6 is 0 Å². The summed E-state index contributed by atoms with van der Waals surface area (Å²) < 4.78 is 5.17. The van der Waals surface area contributed by atoms with Crippen molar-refractivity contribution in [2.45, 2.75) is 39.5 Å². The smallest absolute Gasteiger partial charge is 0.309 e. The Labute approximate surface area is 86.0 Å². The predicted octanol–water partition coefficient (Wildman–Crippen LogP) is 2.62. The fourth-order valence-corrected chi connectivity index (χ4v) is 3.40. The molecule has 0 aromatic heterocycles. The van der Waals surface area contributed by atoms with Gasteiger partial charge in [0, 0.05) is 0 Å². The summed E-state index contributed by atoms with van der Waals surface area (Å²) in [5, 5.41) is 0. The van der Waals surface area contributed by atoms with Crippen LogP contribution in [-0.4, -0.2) is 12.6 Å². The van der Waals surface area contributed by atoms with Crippen LogP contribution in [0.4, 0.5) is 0 Å². The van der Waals surface area contributed by atoms with Gasteiger partial charge in [-0.1, -0.05) is 6.92 Å². The highest BCUT2D eigenvalue weighted by atomic mass is 16.5. The van der Waals surface area contributed by atoms with Crippen molar-refractivity contribution in [3.8, 4) is 0 Å². The Balaban J connectivity index is 2.06. The molecule has 3 saturated carbocycles. The molecule has 3 fully saturated rings. The first-order valence-electron chi connectivity index (χ1n) is 5.90. The summed E-state index contributed by atoms with van der Waals surface area (Å²) in [5.41, 5.74) is 0. The van der Waals surface area contributed by atoms with Crippen LogP contribution in [0.25, 0.3) is 0 Å². The van der Waals surface area contributed by atoms with Gasteiger partial charge >= 0.3 is 5.97 Å². The van der Waals surface area contributed by atoms with Crippen molar-refractivity contribution >= 4 is 5.97 Å². The van der Waals surface area contributed by atoms with Gasteiger partial charge in [0.2, 0.25) is 0 Å². The zero-order valence-electron chi connectivity index (χ0n) is 9.16. The second-order valence-electron chi connectivity index (χ2n) is 4.81. The average Bonchev–Trinajstić information content (AvgIpc) is 2.19. The van der Waals surface area contributed by atoms with E-state index in [1.165, 1.54) is 25.7 Å². The summed E-state index contributed by atoms with van der Waals surface area (Å²) in [6, 6.07) is 0. The van der Waals surface area contributed by atoms with E-state index in [2.05, 4.69) is 6.92 Å². The monoisotopic (exact) mass is 196 g/mol. The van der Waals surface area contributed by atoms with Crippen LogP contribution in [0.1, 0.15) is 39.5 Å². The first-order valence-corrected chi connectivity index (χ1v) is 5.90. The van der Waals surface area contributed by atoms with Crippen molar-refractivity contribution in [1.82, 2.24) is 0 Å². The number of fused-ring (bicyclic) bond motifs is 3. The molecule has 0 heterocycles. The molecule has 14 heavy (non-hydrogen) atoms. The molecular formula is C12H20O2. The van der Waals surface area contributed by atoms with Crippen molar-refractivity contribution in [2.24, 2.45) is 23.7 Å². The Bertz CT molecular complexity index is 214. The highest BCUT2D eigenvalue weighted by molar-refractivity contribution is 5.73. The van der Waals surface area contributed by atoms with Crippen molar-refractivity contribution in [3.05, 3.63) is 0 Å². The minimum absolute atomic E-state index is 0.0643. The molecule has 3 aliphatic rings. The molecule has 2 atom stereocenters. The third kappa shape index (κ3) is 1.55. The Morgan fingerprint density at radius 3 is 2.29 bits per heavy atom. The van der Waals surface area contributed by atoms with Gasteiger partial charge in [0.25, 0.3) is 0 Å². The summed E-state index contributed by atoms with van der Waals surface area (Å²) in [7, 11) is 0. The lowest BCUT2D eigenvalue weighted by molar-refractivity contribution is -0.157. The number of hydrogen-bond donors (Lipinski definition) is 0. The second kappa shape index (κ2) is 3.92. The van der Waals surface area contributed by atoms with Gasteiger partial charge < -0.3 is 4.74 Å². The number of rotatable bonds is 2. The molecule has 2 heteroatoms. The molecular weight excluding hydrogens is 176 g/mol. The SMILES string of the molecule is CCOC(=O)[C@H]1C2CCC(CC2)[C@@H]1C. The summed E-state index contributed by atoms with van der Waals surface area (Å²) in [5.74, 6) is 2.24. The maximum absolute atomic E-state index is 11.8. The van der Waals surface area contributed by atoms with E-state index in [9.17, 15) is 4.79 Å². The molecule has 3 aliphatic carbocycles. The van der Waals surface area contributed by atoms with Crippen LogP contribution in [0.3, 0.4) is 0 Å². The molecule has 2 bridgehead atoms. The highest BCUT2D eigenvalue weighted by Crippen LogP contribution is 2.48. The van der Waals surface area contributed by atoms with E-state index in [4.69, 9.17) is 4.74 Å². The quantitative estimate of drug-likeness (QED) is 0.635. The lowest BCUT2D eigenvalue weighted by Crippen LogP contribution is -2.43. The van der Waals surface area contributed by atoms with Crippen LogP contribution in [-0.2, 0) is 9.53 Å². The van der Waals surface area contributed by atoms with E-state index in [1.54, 1.807) is 0 Å². The van der Waals surface area contributed by atoms with Crippen molar-refractivity contribution in [2.75, 3.05) is 6.61 Å². The van der Waals surface area contributed by atoms with E-state index in [0.29, 0.717) is 18.4 Å². The Kier molecular flexibility index (Phi) is 2.80. The maximum atomic E-state index is 11.8. The summed E-state index contributed by atoms with van der Waals surface area (Å²) in [6.45, 7) is 4.65. The van der Waals surface area contributed by atoms with Gasteiger partial charge in [-0.25, -0.2) is 0 Å². The summed E-state index contributed by atoms with van der Waals surface area (Å²) in [6.07, 6.45) is 5.17. The summed E-state index contributed by atoms with van der Waals surface area (Å²) in [4.78, 5) is 11.8. The lowest BCUT2D eigenvalue weighted by atomic mass is 9.59. The fraction of sp³-hybridized carbons (Fsp3) is 0.917. The Hall–Kier alpha value is -0.530. The van der Waals surface area contributed by atoms with Gasteiger partial charge in [-0.05, 0) is 50.4 Å². The van der Waals surface area contributed by atoms with Gasteiger partial charge in [-0.3, -0.25) is 4.79 Å². The van der Waals surface area contributed by atoms with Gasteiger partial charge in [-0.15, -0.1) is 0 Å². The molecule has 0 aromatic carbocycles. The van der Waals surface area contributed by atoms with E-state index in [1.807, 2.05) is 6.92 Å². The van der Waals surface area contributed by atoms with Crippen molar-refractivity contribution in [3.63, 3.8) is 0 Å². The molecule has 0 N–H and O–H groups in total. The van der Waals surface area contributed by atoms with E-state index >= 15 is 0 Å². The van der Waals surface area contributed by atoms with Gasteiger partial charge in [0.1, 0.15) is 0 Å². The van der Waals surface area contributed by atoms with Crippen LogP contribution < -0.4 is 0 Å². The summed E-state index contributed by atoms with van der Waals surface area (Å²) >= 11 is 0. The predicted molar refractivity (Wildman–Crippen MR) is 54.7 cm³/mol. The van der Waals surface area contributed by atoms with Gasteiger partial charge in [0.05, 0.1) is 12.5 Å². The minimum atomic E-state index is 0.0643. The molecule has 80 valence electrons. The topological polar surface area (TPSA) is 26.3 Å². The molecule has 0 spiro atoms. The van der Waals surface area contributed by atoms with Crippen LogP contribution in [0.15, 0.2) is 0 Å². The fourth-order valence-electron chi connectivity index (χ4n) is 3.40. The number of hydrogen-bond acceptors (Lipinski definition) is 2. The Morgan fingerprint density at radius 1 is 1.21 bits per heavy atom. The van der Waals surface area contributed by atoms with E-state index in [0.717, 1.165) is 5.92 Å². The zero-order chi connectivity index (χ0) is 10.1. The number of ether oxygens (including phenoxy) is 1. The van der Waals surface area contributed by atoms with Crippen LogP contribution in [0.2, 0.25) is 0 Å². The number of esters is 1. The molecule has 2 nitrogen and oxygen atoms in total. The number of carbonyl (C=O) groups is 1. The zero-order valence-corrected chi connectivity index (χ0v) is 9.16. The van der Waals surface area contributed by atoms with Crippen molar-refractivity contribution < 1.29 is 9.53 Å². The van der Waals surface area contributed by atoms with E-state index < -0.39 is 0 Å². The van der Waals surface area contributed by atoms with Crippen LogP contribution in [0.5, 0.6) is 0 Å². The third-order valence-electron chi connectivity index (χ3n) is 4.19. The molecule has 0 saturated heterocycles. The normalized spacial score (nSPS) is 41.0. The van der Waals surface area contributed by atoms with Crippen molar-refractivity contribution in [1.29, 1.82) is 0 Å². The van der Waals surface area contributed by atoms with E-state index in [-0.39, 0.29) is 11.9 Å². The van der Waals surface area contributed by atoms with Gasteiger partial charge in [-0.2, -0.15) is 0 Å². The molecule has 0 aliphatic heterocycles. The largest absolute Gasteiger partial charge is 0.466 e. The molecule has 0 amide bonds. The molecule has 3 rings (SSSR count). The second-order valence-corrected chi connectivity index (χ2v) is 4.81. The minimum Gasteiger partial charge on any atom is -0.466 e. The Morgan fingerprint density at radius 2 is 1.79 bits per heavy atom. The third-order valence-corrected chi connectivity index (χ3v) is 4.19. The first-order chi connectivity index (χ1) is 6.74. The molecule has 0 aromatic rings.